The molecule has 1 heterocycles. The van der Waals surface area contributed by atoms with Gasteiger partial charge in [-0.15, -0.1) is 0 Å². The van der Waals surface area contributed by atoms with E-state index in [1.165, 1.54) is 7.11 Å². The molecule has 1 aromatic rings. The van der Waals surface area contributed by atoms with Crippen LogP contribution in [0.25, 0.3) is 0 Å². The van der Waals surface area contributed by atoms with E-state index in [9.17, 15) is 4.79 Å². The molecule has 17 heavy (non-hydrogen) atoms. The first kappa shape index (κ1) is 11.9. The molecular weight excluding hydrogens is 246 g/mol. The Morgan fingerprint density at radius 3 is 2.65 bits per heavy atom. The average Bonchev–Trinajstić information content (AvgIpc) is 2.37. The average molecular weight is 258 g/mol. The van der Waals surface area contributed by atoms with Gasteiger partial charge in [0.2, 0.25) is 0 Å². The van der Waals surface area contributed by atoms with Crippen molar-refractivity contribution in [2.75, 3.05) is 32.7 Å². The van der Waals surface area contributed by atoms with E-state index < -0.39 is 5.97 Å². The number of nitrogens with one attached hydrogen (secondary N) is 1. The number of rotatable bonds is 2. The molecule has 0 spiro atoms. The first-order valence-corrected chi connectivity index (χ1v) is 5.45. The van der Waals surface area contributed by atoms with Gasteiger partial charge < -0.3 is 19.5 Å². The normalized spacial score (nSPS) is 13.1. The van der Waals surface area contributed by atoms with E-state index in [0.717, 1.165) is 0 Å². The minimum absolute atomic E-state index is 0.300. The summed E-state index contributed by atoms with van der Waals surface area (Å²) >= 11 is 6.05. The third-order valence-corrected chi connectivity index (χ3v) is 2.71. The van der Waals surface area contributed by atoms with E-state index in [1.54, 1.807) is 13.1 Å². The Hall–Kier alpha value is -1.62. The molecule has 0 aromatic heterocycles. The zero-order valence-electron chi connectivity index (χ0n) is 9.50. The molecule has 0 saturated heterocycles. The second-order valence-electron chi connectivity index (χ2n) is 3.38. The van der Waals surface area contributed by atoms with Crippen molar-refractivity contribution >= 4 is 23.3 Å². The summed E-state index contributed by atoms with van der Waals surface area (Å²) in [5.41, 5.74) is 0.847. The van der Waals surface area contributed by atoms with Crippen LogP contribution in [0.1, 0.15) is 10.4 Å². The number of ether oxygens (including phenoxy) is 3. The molecule has 1 aromatic carbocycles. The first-order chi connectivity index (χ1) is 8.19. The summed E-state index contributed by atoms with van der Waals surface area (Å²) in [5.74, 6) is 0.227. The van der Waals surface area contributed by atoms with Crippen LogP contribution in [-0.2, 0) is 4.74 Å². The number of benzene rings is 1. The molecule has 0 fully saturated rings. The number of methoxy groups -OCH3 is 1. The molecule has 0 amide bonds. The molecule has 5 nitrogen and oxygen atoms in total. The Balaban J connectivity index is 2.64. The van der Waals surface area contributed by atoms with E-state index in [4.69, 9.17) is 25.8 Å². The van der Waals surface area contributed by atoms with E-state index in [2.05, 4.69) is 5.32 Å². The maximum absolute atomic E-state index is 11.7. The zero-order chi connectivity index (χ0) is 12.4. The van der Waals surface area contributed by atoms with Gasteiger partial charge in [-0.2, -0.15) is 0 Å². The van der Waals surface area contributed by atoms with Gasteiger partial charge in [-0.1, -0.05) is 11.6 Å². The fourth-order valence-corrected chi connectivity index (χ4v) is 1.92. The fraction of sp³-hybridized carbons (Fsp3) is 0.364. The van der Waals surface area contributed by atoms with Gasteiger partial charge in [0.15, 0.2) is 11.5 Å². The summed E-state index contributed by atoms with van der Waals surface area (Å²) in [5, 5.41) is 3.28. The Labute approximate surface area is 104 Å². The van der Waals surface area contributed by atoms with E-state index >= 15 is 0 Å². The summed E-state index contributed by atoms with van der Waals surface area (Å²) < 4.78 is 15.6. The van der Waals surface area contributed by atoms with Crippen LogP contribution < -0.4 is 14.8 Å². The van der Waals surface area contributed by atoms with E-state index in [1.807, 2.05) is 0 Å². The van der Waals surface area contributed by atoms with Crippen LogP contribution in [-0.4, -0.2) is 33.3 Å². The monoisotopic (exact) mass is 257 g/mol. The number of fused-ring (bicyclic) bond motifs is 1. The second kappa shape index (κ2) is 4.71. The molecule has 0 atom stereocenters. The minimum Gasteiger partial charge on any atom is -0.485 e. The standard InChI is InChI=1S/C11H12ClNO4/c1-13-7-5-6(12)9-10(17-4-3-16-9)8(7)11(14)15-2/h5,13H,3-4H2,1-2H3. The topological polar surface area (TPSA) is 56.8 Å². The second-order valence-corrected chi connectivity index (χ2v) is 3.78. The number of hydrogen-bond acceptors (Lipinski definition) is 5. The Morgan fingerprint density at radius 2 is 2.06 bits per heavy atom. The van der Waals surface area contributed by atoms with Crippen LogP contribution in [0.5, 0.6) is 11.5 Å². The fourth-order valence-electron chi connectivity index (χ4n) is 1.67. The van der Waals surface area contributed by atoms with Gasteiger partial charge in [0.1, 0.15) is 18.8 Å². The van der Waals surface area contributed by atoms with Gasteiger partial charge in [0.05, 0.1) is 17.8 Å². The maximum atomic E-state index is 11.7. The Morgan fingerprint density at radius 1 is 1.41 bits per heavy atom. The van der Waals surface area contributed by atoms with Crippen LogP contribution in [0.4, 0.5) is 5.69 Å². The molecule has 1 N–H and O–H groups in total. The molecule has 0 bridgehead atoms. The lowest BCUT2D eigenvalue weighted by Crippen LogP contribution is -2.19. The van der Waals surface area contributed by atoms with E-state index in [0.29, 0.717) is 41.0 Å². The summed E-state index contributed by atoms with van der Waals surface area (Å²) in [6, 6.07) is 1.61. The SMILES string of the molecule is CNc1cc(Cl)c2c(c1C(=O)OC)OCCO2. The van der Waals surface area contributed by atoms with Gasteiger partial charge in [-0.25, -0.2) is 4.79 Å². The van der Waals surface area contributed by atoms with Crippen molar-refractivity contribution in [2.24, 2.45) is 0 Å². The van der Waals surface area contributed by atoms with Crippen molar-refractivity contribution in [3.63, 3.8) is 0 Å². The number of carbonyl (C=O) groups is 1. The van der Waals surface area contributed by atoms with Gasteiger partial charge in [0.25, 0.3) is 0 Å². The smallest absolute Gasteiger partial charge is 0.343 e. The molecule has 1 aliphatic heterocycles. The highest BCUT2D eigenvalue weighted by Crippen LogP contribution is 2.44. The van der Waals surface area contributed by atoms with Gasteiger partial charge in [-0.05, 0) is 6.07 Å². The highest BCUT2D eigenvalue weighted by atomic mass is 35.5. The van der Waals surface area contributed by atoms with Gasteiger partial charge in [0, 0.05) is 7.05 Å². The Kier molecular flexibility index (Phi) is 3.28. The number of hydrogen-bond donors (Lipinski definition) is 1. The third kappa shape index (κ3) is 1.98. The lowest BCUT2D eigenvalue weighted by molar-refractivity contribution is 0.0592. The molecule has 0 saturated carbocycles. The van der Waals surface area contributed by atoms with E-state index in [-0.39, 0.29) is 0 Å². The molecule has 0 radical (unpaired) electrons. The summed E-state index contributed by atoms with van der Waals surface area (Å²) in [6.45, 7) is 0.784. The minimum atomic E-state index is -0.493. The van der Waals surface area contributed by atoms with Crippen LogP contribution in [0.15, 0.2) is 6.07 Å². The zero-order valence-corrected chi connectivity index (χ0v) is 10.3. The number of esters is 1. The predicted molar refractivity (Wildman–Crippen MR) is 63.3 cm³/mol. The summed E-state index contributed by atoms with van der Waals surface area (Å²) in [6.07, 6.45) is 0. The number of carbonyl (C=O) groups excluding carboxylic acids is 1. The summed E-state index contributed by atoms with van der Waals surface area (Å²) in [4.78, 5) is 11.7. The molecule has 6 heteroatoms. The van der Waals surface area contributed by atoms with Crippen molar-refractivity contribution in [3.8, 4) is 11.5 Å². The largest absolute Gasteiger partial charge is 0.485 e. The Bertz CT molecular complexity index is 461. The van der Waals surface area contributed by atoms with Gasteiger partial charge in [-0.3, -0.25) is 0 Å². The maximum Gasteiger partial charge on any atom is 0.343 e. The lowest BCUT2D eigenvalue weighted by Gasteiger charge is -2.23. The molecule has 2 rings (SSSR count). The van der Waals surface area contributed by atoms with Crippen molar-refractivity contribution < 1.29 is 19.0 Å². The van der Waals surface area contributed by atoms with Gasteiger partial charge >= 0.3 is 5.97 Å². The first-order valence-electron chi connectivity index (χ1n) is 5.07. The van der Waals surface area contributed by atoms with Crippen LogP contribution in [0, 0.1) is 0 Å². The quantitative estimate of drug-likeness (QED) is 0.821. The molecular formula is C11H12ClNO4. The number of anilines is 1. The number of halogens is 1. The molecule has 1 aliphatic rings. The van der Waals surface area contributed by atoms with Crippen LogP contribution in [0.3, 0.4) is 0 Å². The molecule has 0 unspecified atom stereocenters. The van der Waals surface area contributed by atoms with Crippen molar-refractivity contribution in [1.82, 2.24) is 0 Å². The molecule has 0 aliphatic carbocycles. The van der Waals surface area contributed by atoms with Crippen molar-refractivity contribution in [2.45, 2.75) is 0 Å². The third-order valence-electron chi connectivity index (χ3n) is 2.43. The summed E-state index contributed by atoms with van der Waals surface area (Å²) in [7, 11) is 3.00. The highest BCUT2D eigenvalue weighted by Gasteiger charge is 2.27. The highest BCUT2D eigenvalue weighted by molar-refractivity contribution is 6.33. The van der Waals surface area contributed by atoms with Crippen molar-refractivity contribution in [1.29, 1.82) is 0 Å². The molecule has 92 valence electrons. The predicted octanol–water partition coefficient (Wildman–Crippen LogP) is 1.94. The van der Waals surface area contributed by atoms with Crippen LogP contribution >= 0.6 is 11.6 Å². The van der Waals surface area contributed by atoms with Crippen LogP contribution in [0.2, 0.25) is 5.02 Å². The lowest BCUT2D eigenvalue weighted by atomic mass is 10.1. The van der Waals surface area contributed by atoms with Crippen molar-refractivity contribution in [3.05, 3.63) is 16.7 Å².